The molecule has 0 aromatic carbocycles. The molecule has 6 nitrogen and oxygen atoms in total. The Kier molecular flexibility index (Phi) is 4.74. The number of carboxylic acids is 1. The van der Waals surface area contributed by atoms with E-state index in [1.54, 1.807) is 0 Å². The highest BCUT2D eigenvalue weighted by molar-refractivity contribution is 5.80. The van der Waals surface area contributed by atoms with Crippen molar-refractivity contribution in [2.75, 3.05) is 7.11 Å². The minimum absolute atomic E-state index is 0.00467. The fourth-order valence-electron chi connectivity index (χ4n) is 2.30. The van der Waals surface area contributed by atoms with Crippen molar-refractivity contribution in [1.82, 2.24) is 5.32 Å². The van der Waals surface area contributed by atoms with Crippen molar-refractivity contribution < 1.29 is 24.2 Å². The first-order valence-corrected chi connectivity index (χ1v) is 5.66. The first-order valence-electron chi connectivity index (χ1n) is 5.66. The van der Waals surface area contributed by atoms with Gasteiger partial charge in [0.1, 0.15) is 6.04 Å². The normalized spacial score (nSPS) is 30.4. The molecule has 3 unspecified atom stereocenters. The Morgan fingerprint density at radius 1 is 1.35 bits per heavy atom. The van der Waals surface area contributed by atoms with Gasteiger partial charge in [-0.3, -0.25) is 0 Å². The summed E-state index contributed by atoms with van der Waals surface area (Å²) in [6.45, 7) is 3.80. The van der Waals surface area contributed by atoms with Crippen LogP contribution in [0.2, 0.25) is 0 Å². The van der Waals surface area contributed by atoms with E-state index < -0.39 is 18.1 Å². The molecule has 0 bridgehead atoms. The lowest BCUT2D eigenvalue weighted by Crippen LogP contribution is -2.49. The fourth-order valence-corrected chi connectivity index (χ4v) is 2.30. The van der Waals surface area contributed by atoms with E-state index in [0.717, 1.165) is 0 Å². The minimum Gasteiger partial charge on any atom is -0.480 e. The number of ether oxygens (including phenoxy) is 2. The van der Waals surface area contributed by atoms with Crippen LogP contribution in [0.15, 0.2) is 0 Å². The third-order valence-corrected chi connectivity index (χ3v) is 2.93. The Morgan fingerprint density at radius 3 is 2.29 bits per heavy atom. The molecule has 1 rings (SSSR count). The molecule has 98 valence electrons. The van der Waals surface area contributed by atoms with Crippen molar-refractivity contribution in [2.45, 2.75) is 44.9 Å². The number of carbonyl (C=O) groups is 2. The monoisotopic (exact) mass is 245 g/mol. The number of aliphatic carboxylic acids is 1. The molecule has 1 aliphatic rings. The fraction of sp³-hybridized carbons (Fsp3) is 0.818. The molecule has 1 aliphatic heterocycles. The smallest absolute Gasteiger partial charge is 0.407 e. The molecular weight excluding hydrogens is 226 g/mol. The molecule has 4 atom stereocenters. The highest BCUT2D eigenvalue weighted by Crippen LogP contribution is 2.27. The molecule has 6 heteroatoms. The maximum Gasteiger partial charge on any atom is 0.407 e. The predicted octanol–water partition coefficient (Wildman–Crippen LogP) is 0.999. The van der Waals surface area contributed by atoms with Gasteiger partial charge in [-0.2, -0.15) is 0 Å². The molecule has 1 heterocycles. The van der Waals surface area contributed by atoms with Crippen molar-refractivity contribution >= 4 is 12.1 Å². The van der Waals surface area contributed by atoms with Crippen LogP contribution in [0.3, 0.4) is 0 Å². The zero-order valence-corrected chi connectivity index (χ0v) is 10.3. The second-order valence-electron chi connectivity index (χ2n) is 4.44. The molecule has 1 amide bonds. The SMILES string of the molecule is COC(=O)NC(C(=O)O)C1CC(C)O[C@H](C)C1. The average Bonchev–Trinajstić information content (AvgIpc) is 2.23. The Labute approximate surface area is 100 Å². The van der Waals surface area contributed by atoms with Gasteiger partial charge in [-0.25, -0.2) is 9.59 Å². The summed E-state index contributed by atoms with van der Waals surface area (Å²) in [6.07, 6.45) is 0.524. The molecule has 1 fully saturated rings. The molecule has 17 heavy (non-hydrogen) atoms. The second-order valence-corrected chi connectivity index (χ2v) is 4.44. The molecule has 1 saturated heterocycles. The zero-order valence-electron chi connectivity index (χ0n) is 10.3. The van der Waals surface area contributed by atoms with Gasteiger partial charge in [-0.05, 0) is 32.6 Å². The minimum atomic E-state index is -1.04. The van der Waals surface area contributed by atoms with E-state index in [2.05, 4.69) is 10.1 Å². The quantitative estimate of drug-likeness (QED) is 0.774. The van der Waals surface area contributed by atoms with E-state index in [9.17, 15) is 9.59 Å². The predicted molar refractivity (Wildman–Crippen MR) is 59.7 cm³/mol. The van der Waals surface area contributed by atoms with Crippen molar-refractivity contribution in [1.29, 1.82) is 0 Å². The number of alkyl carbamates (subject to hydrolysis) is 1. The first kappa shape index (κ1) is 13.8. The Morgan fingerprint density at radius 2 is 1.88 bits per heavy atom. The summed E-state index contributed by atoms with van der Waals surface area (Å²) in [7, 11) is 1.21. The van der Waals surface area contributed by atoms with Gasteiger partial charge in [0.2, 0.25) is 0 Å². The number of rotatable bonds is 3. The number of amides is 1. The maximum atomic E-state index is 11.2. The maximum absolute atomic E-state index is 11.2. The third-order valence-electron chi connectivity index (χ3n) is 2.93. The number of carboxylic acid groups (broad SMARTS) is 1. The number of carbonyl (C=O) groups excluding carboxylic acids is 1. The third kappa shape index (κ3) is 3.89. The summed E-state index contributed by atoms with van der Waals surface area (Å²) in [5, 5.41) is 11.5. The molecule has 0 saturated carbocycles. The van der Waals surface area contributed by atoms with Crippen LogP contribution < -0.4 is 5.32 Å². The van der Waals surface area contributed by atoms with Gasteiger partial charge in [0.25, 0.3) is 0 Å². The summed E-state index contributed by atoms with van der Waals surface area (Å²) >= 11 is 0. The van der Waals surface area contributed by atoms with E-state index >= 15 is 0 Å². The molecule has 0 aliphatic carbocycles. The van der Waals surface area contributed by atoms with Gasteiger partial charge in [0.05, 0.1) is 19.3 Å². The zero-order chi connectivity index (χ0) is 13.0. The largest absolute Gasteiger partial charge is 0.480 e. The highest BCUT2D eigenvalue weighted by atomic mass is 16.5. The Balaban J connectivity index is 2.69. The van der Waals surface area contributed by atoms with E-state index in [1.165, 1.54) is 7.11 Å². The summed E-state index contributed by atoms with van der Waals surface area (Å²) in [6, 6.07) is -0.920. The number of hydrogen-bond acceptors (Lipinski definition) is 4. The highest BCUT2D eigenvalue weighted by Gasteiger charge is 2.35. The van der Waals surface area contributed by atoms with Crippen LogP contribution in [-0.2, 0) is 14.3 Å². The molecule has 0 spiro atoms. The van der Waals surface area contributed by atoms with Crippen molar-refractivity contribution in [3.63, 3.8) is 0 Å². The summed E-state index contributed by atoms with van der Waals surface area (Å²) < 4.78 is 9.97. The van der Waals surface area contributed by atoms with E-state index in [1.807, 2.05) is 13.8 Å². The van der Waals surface area contributed by atoms with Gasteiger partial charge >= 0.3 is 12.1 Å². The van der Waals surface area contributed by atoms with Gasteiger partial charge in [0, 0.05) is 0 Å². The Bertz CT molecular complexity index is 284. The van der Waals surface area contributed by atoms with Crippen LogP contribution in [0.5, 0.6) is 0 Å². The lowest BCUT2D eigenvalue weighted by molar-refractivity contribution is -0.143. The van der Waals surface area contributed by atoms with Crippen molar-refractivity contribution in [3.8, 4) is 0 Å². The standard InChI is InChI=1S/C11H19NO5/c1-6-4-8(5-7(2)17-6)9(10(13)14)12-11(15)16-3/h6-9H,4-5H2,1-3H3,(H,12,15)(H,13,14)/t6-,7?,8?,9?/m1/s1. The van der Waals surface area contributed by atoms with Gasteiger partial charge in [-0.1, -0.05) is 0 Å². The Hall–Kier alpha value is -1.30. The average molecular weight is 245 g/mol. The topological polar surface area (TPSA) is 84.9 Å². The molecular formula is C11H19NO5. The van der Waals surface area contributed by atoms with E-state index in [4.69, 9.17) is 9.84 Å². The summed E-state index contributed by atoms with van der Waals surface area (Å²) in [5.74, 6) is -1.17. The number of hydrogen-bond donors (Lipinski definition) is 2. The molecule has 0 aromatic heterocycles. The summed E-state index contributed by atoms with van der Waals surface area (Å²) in [4.78, 5) is 22.3. The van der Waals surface area contributed by atoms with Crippen LogP contribution in [-0.4, -0.2) is 42.5 Å². The molecule has 0 aromatic rings. The van der Waals surface area contributed by atoms with Crippen LogP contribution in [0.4, 0.5) is 4.79 Å². The molecule has 0 radical (unpaired) electrons. The first-order chi connectivity index (χ1) is 7.93. The van der Waals surface area contributed by atoms with Crippen molar-refractivity contribution in [3.05, 3.63) is 0 Å². The second kappa shape index (κ2) is 5.86. The van der Waals surface area contributed by atoms with E-state index in [-0.39, 0.29) is 18.1 Å². The van der Waals surface area contributed by atoms with Crippen LogP contribution in [0, 0.1) is 5.92 Å². The molecule has 2 N–H and O–H groups in total. The number of methoxy groups -OCH3 is 1. The number of nitrogens with one attached hydrogen (secondary N) is 1. The lowest BCUT2D eigenvalue weighted by Gasteiger charge is -2.35. The van der Waals surface area contributed by atoms with Gasteiger partial charge in [-0.15, -0.1) is 0 Å². The summed E-state index contributed by atoms with van der Waals surface area (Å²) in [5.41, 5.74) is 0. The van der Waals surface area contributed by atoms with Crippen molar-refractivity contribution in [2.24, 2.45) is 5.92 Å². The van der Waals surface area contributed by atoms with Gasteiger partial charge < -0.3 is 19.9 Å². The van der Waals surface area contributed by atoms with E-state index in [0.29, 0.717) is 12.8 Å². The lowest BCUT2D eigenvalue weighted by atomic mass is 9.86. The van der Waals surface area contributed by atoms with Gasteiger partial charge in [0.15, 0.2) is 0 Å². The van der Waals surface area contributed by atoms with Crippen LogP contribution in [0.1, 0.15) is 26.7 Å². The van der Waals surface area contributed by atoms with Crippen LogP contribution in [0.25, 0.3) is 0 Å². The van der Waals surface area contributed by atoms with Crippen LogP contribution >= 0.6 is 0 Å².